The average molecular weight is 248 g/mol. The van der Waals surface area contributed by atoms with E-state index in [1.54, 1.807) is 0 Å². The first-order chi connectivity index (χ1) is 8.08. The molecule has 0 saturated carbocycles. The molecule has 86 valence electrons. The van der Waals surface area contributed by atoms with Gasteiger partial charge in [-0.2, -0.15) is 0 Å². The number of pyridine rings is 1. The molecule has 1 aromatic heterocycles. The van der Waals surface area contributed by atoms with Crippen molar-refractivity contribution in [2.45, 2.75) is 6.92 Å². The maximum atomic E-state index is 11.1. The number of hydrogen-bond donors (Lipinski definition) is 1. The van der Waals surface area contributed by atoms with Crippen LogP contribution in [0.3, 0.4) is 0 Å². The number of rotatable bonds is 2. The van der Waals surface area contributed by atoms with Crippen LogP contribution in [0.1, 0.15) is 15.9 Å². The minimum absolute atomic E-state index is 0.151. The van der Waals surface area contributed by atoms with Crippen LogP contribution in [0, 0.1) is 6.92 Å². The Morgan fingerprint density at radius 2 is 1.82 bits per heavy atom. The summed E-state index contributed by atoms with van der Waals surface area (Å²) in [6.07, 6.45) is 0. The summed E-state index contributed by atoms with van der Waals surface area (Å²) in [5, 5.41) is 9.37. The SMILES string of the molecule is Cc1ccc(-c2nc(Cl)ccc2C(=O)O)cc1. The number of aryl methyl sites for hydroxylation is 1. The Kier molecular flexibility index (Phi) is 3.11. The van der Waals surface area contributed by atoms with Gasteiger partial charge in [0, 0.05) is 5.56 Å². The summed E-state index contributed by atoms with van der Waals surface area (Å²) in [6.45, 7) is 1.97. The minimum Gasteiger partial charge on any atom is -0.478 e. The van der Waals surface area contributed by atoms with E-state index >= 15 is 0 Å². The molecule has 0 aliphatic carbocycles. The van der Waals surface area contributed by atoms with Crippen LogP contribution in [0.25, 0.3) is 11.3 Å². The Balaban J connectivity index is 2.60. The Bertz CT molecular complexity index is 564. The zero-order valence-electron chi connectivity index (χ0n) is 9.14. The third-order valence-electron chi connectivity index (χ3n) is 2.42. The second-order valence-corrected chi connectivity index (χ2v) is 4.09. The van der Waals surface area contributed by atoms with E-state index in [1.807, 2.05) is 31.2 Å². The summed E-state index contributed by atoms with van der Waals surface area (Å²) < 4.78 is 0. The third-order valence-corrected chi connectivity index (χ3v) is 2.63. The summed E-state index contributed by atoms with van der Waals surface area (Å²) in [5.41, 5.74) is 2.39. The van der Waals surface area contributed by atoms with Gasteiger partial charge in [0.15, 0.2) is 0 Å². The predicted octanol–water partition coefficient (Wildman–Crippen LogP) is 3.41. The molecule has 3 nitrogen and oxygen atoms in total. The monoisotopic (exact) mass is 247 g/mol. The molecule has 0 radical (unpaired) electrons. The highest BCUT2D eigenvalue weighted by atomic mass is 35.5. The van der Waals surface area contributed by atoms with Crippen molar-refractivity contribution >= 4 is 17.6 Å². The van der Waals surface area contributed by atoms with Gasteiger partial charge in [-0.3, -0.25) is 0 Å². The smallest absolute Gasteiger partial charge is 0.337 e. The number of halogens is 1. The van der Waals surface area contributed by atoms with Crippen molar-refractivity contribution in [1.82, 2.24) is 4.98 Å². The molecule has 1 N–H and O–H groups in total. The maximum Gasteiger partial charge on any atom is 0.337 e. The fraction of sp³-hybridized carbons (Fsp3) is 0.0769. The summed E-state index contributed by atoms with van der Waals surface area (Å²) in [6, 6.07) is 10.4. The lowest BCUT2D eigenvalue weighted by Crippen LogP contribution is -2.01. The number of nitrogens with zero attached hydrogens (tertiary/aromatic N) is 1. The van der Waals surface area contributed by atoms with Crippen molar-refractivity contribution in [2.24, 2.45) is 0 Å². The summed E-state index contributed by atoms with van der Waals surface area (Å²) in [7, 11) is 0. The highest BCUT2D eigenvalue weighted by molar-refractivity contribution is 6.29. The van der Waals surface area contributed by atoms with E-state index in [-0.39, 0.29) is 10.7 Å². The van der Waals surface area contributed by atoms with Crippen LogP contribution >= 0.6 is 11.6 Å². The number of carboxylic acid groups (broad SMARTS) is 1. The molecule has 1 heterocycles. The number of hydrogen-bond acceptors (Lipinski definition) is 2. The largest absolute Gasteiger partial charge is 0.478 e. The molecule has 0 aliphatic rings. The third kappa shape index (κ3) is 2.45. The topological polar surface area (TPSA) is 50.2 Å². The molecule has 0 unspecified atom stereocenters. The first-order valence-electron chi connectivity index (χ1n) is 5.05. The summed E-state index contributed by atoms with van der Waals surface area (Å²) in [5.74, 6) is -1.01. The number of benzene rings is 1. The second kappa shape index (κ2) is 4.55. The lowest BCUT2D eigenvalue weighted by atomic mass is 10.0. The number of carboxylic acids is 1. The lowest BCUT2D eigenvalue weighted by Gasteiger charge is -2.06. The molecule has 17 heavy (non-hydrogen) atoms. The Hall–Kier alpha value is -1.87. The molecule has 0 saturated heterocycles. The van der Waals surface area contributed by atoms with Crippen LogP contribution in [0.5, 0.6) is 0 Å². The molecular weight excluding hydrogens is 238 g/mol. The fourth-order valence-corrected chi connectivity index (χ4v) is 1.69. The van der Waals surface area contributed by atoms with Crippen LogP contribution in [-0.4, -0.2) is 16.1 Å². The molecule has 0 amide bonds. The number of aromatic carboxylic acids is 1. The van der Waals surface area contributed by atoms with Gasteiger partial charge < -0.3 is 5.11 Å². The van der Waals surface area contributed by atoms with E-state index in [9.17, 15) is 4.79 Å². The predicted molar refractivity (Wildman–Crippen MR) is 66.4 cm³/mol. The van der Waals surface area contributed by atoms with Crippen molar-refractivity contribution in [3.05, 3.63) is 52.7 Å². The first kappa shape index (κ1) is 11.6. The molecule has 0 bridgehead atoms. The van der Waals surface area contributed by atoms with Crippen molar-refractivity contribution in [3.8, 4) is 11.3 Å². The van der Waals surface area contributed by atoms with Gasteiger partial charge in [0.25, 0.3) is 0 Å². The highest BCUT2D eigenvalue weighted by Gasteiger charge is 2.13. The first-order valence-corrected chi connectivity index (χ1v) is 5.42. The van der Waals surface area contributed by atoms with Gasteiger partial charge in [-0.1, -0.05) is 41.4 Å². The molecule has 0 aliphatic heterocycles. The number of carbonyl (C=O) groups is 1. The van der Waals surface area contributed by atoms with Crippen molar-refractivity contribution in [3.63, 3.8) is 0 Å². The molecule has 2 rings (SSSR count). The fourth-order valence-electron chi connectivity index (χ4n) is 1.54. The Labute approximate surface area is 104 Å². The van der Waals surface area contributed by atoms with Crippen LogP contribution in [0.4, 0.5) is 0 Å². The van der Waals surface area contributed by atoms with E-state index in [4.69, 9.17) is 16.7 Å². The van der Waals surface area contributed by atoms with Gasteiger partial charge in [-0.15, -0.1) is 0 Å². The second-order valence-electron chi connectivity index (χ2n) is 3.70. The van der Waals surface area contributed by atoms with E-state index in [2.05, 4.69) is 4.98 Å². The van der Waals surface area contributed by atoms with Crippen LogP contribution in [0.2, 0.25) is 5.15 Å². The van der Waals surface area contributed by atoms with Gasteiger partial charge in [0.2, 0.25) is 0 Å². The van der Waals surface area contributed by atoms with E-state index in [0.29, 0.717) is 5.69 Å². The molecule has 2 aromatic rings. The molecule has 4 heteroatoms. The van der Waals surface area contributed by atoms with E-state index in [0.717, 1.165) is 11.1 Å². The lowest BCUT2D eigenvalue weighted by molar-refractivity contribution is 0.0697. The Morgan fingerprint density at radius 1 is 1.18 bits per heavy atom. The zero-order chi connectivity index (χ0) is 12.4. The summed E-state index contributed by atoms with van der Waals surface area (Å²) in [4.78, 5) is 15.2. The maximum absolute atomic E-state index is 11.1. The van der Waals surface area contributed by atoms with Crippen LogP contribution < -0.4 is 0 Å². The van der Waals surface area contributed by atoms with E-state index < -0.39 is 5.97 Å². The molecule has 0 spiro atoms. The zero-order valence-corrected chi connectivity index (χ0v) is 9.90. The Morgan fingerprint density at radius 3 is 2.41 bits per heavy atom. The van der Waals surface area contributed by atoms with Crippen molar-refractivity contribution in [2.75, 3.05) is 0 Å². The van der Waals surface area contributed by atoms with Gasteiger partial charge in [0.05, 0.1) is 11.3 Å². The van der Waals surface area contributed by atoms with Gasteiger partial charge in [-0.05, 0) is 19.1 Å². The van der Waals surface area contributed by atoms with Crippen LogP contribution in [-0.2, 0) is 0 Å². The van der Waals surface area contributed by atoms with Crippen LogP contribution in [0.15, 0.2) is 36.4 Å². The normalized spacial score (nSPS) is 10.2. The highest BCUT2D eigenvalue weighted by Crippen LogP contribution is 2.24. The van der Waals surface area contributed by atoms with Crippen molar-refractivity contribution in [1.29, 1.82) is 0 Å². The quantitative estimate of drug-likeness (QED) is 0.828. The molecule has 1 aromatic carbocycles. The molecule has 0 fully saturated rings. The van der Waals surface area contributed by atoms with Crippen molar-refractivity contribution < 1.29 is 9.90 Å². The molecule has 0 atom stereocenters. The number of aromatic nitrogens is 1. The van der Waals surface area contributed by atoms with Gasteiger partial charge in [-0.25, -0.2) is 9.78 Å². The minimum atomic E-state index is -1.01. The van der Waals surface area contributed by atoms with E-state index in [1.165, 1.54) is 12.1 Å². The summed E-state index contributed by atoms with van der Waals surface area (Å²) >= 11 is 5.80. The molecular formula is C13H10ClNO2. The average Bonchev–Trinajstić information content (AvgIpc) is 2.29. The van der Waals surface area contributed by atoms with Gasteiger partial charge in [0.1, 0.15) is 5.15 Å². The standard InChI is InChI=1S/C13H10ClNO2/c1-8-2-4-9(5-3-8)12-10(13(16)17)6-7-11(14)15-12/h2-7H,1H3,(H,16,17). The van der Waals surface area contributed by atoms with Gasteiger partial charge >= 0.3 is 5.97 Å².